The van der Waals surface area contributed by atoms with Gasteiger partial charge in [0.15, 0.2) is 6.54 Å². The van der Waals surface area contributed by atoms with Gasteiger partial charge >= 0.3 is 0 Å². The summed E-state index contributed by atoms with van der Waals surface area (Å²) in [5.74, 6) is 0.186. The lowest BCUT2D eigenvalue weighted by Crippen LogP contribution is -2.88. The molecule has 4 N–H and O–H groups in total. The zero-order valence-electron chi connectivity index (χ0n) is 17.3. The molecule has 0 aliphatic rings. The third kappa shape index (κ3) is 6.20. The molecule has 2 aromatic rings. The molecule has 0 saturated carbocycles. The standard InChI is InChI=1S/C23H31N3O2/c1-5-17-10-12-18(13-11-17)22(16(3)4)25-15-21(27)26-20-9-7-8-19(14-20)23(28)24-6-2/h7-14,16,22,25H,5-6,15H2,1-4H3,(H,24,28)(H,26,27)/p+1/t22-/m1/s1. The van der Waals surface area contributed by atoms with Crippen LogP contribution in [0.15, 0.2) is 48.5 Å². The number of quaternary nitrogens is 1. The van der Waals surface area contributed by atoms with Gasteiger partial charge in [-0.2, -0.15) is 0 Å². The number of aryl methyl sites for hydroxylation is 1. The molecule has 0 heterocycles. The number of benzene rings is 2. The van der Waals surface area contributed by atoms with E-state index in [1.807, 2.05) is 6.92 Å². The van der Waals surface area contributed by atoms with E-state index in [4.69, 9.17) is 0 Å². The Morgan fingerprint density at radius 3 is 2.36 bits per heavy atom. The van der Waals surface area contributed by atoms with E-state index in [0.717, 1.165) is 6.42 Å². The van der Waals surface area contributed by atoms with Crippen molar-refractivity contribution in [1.82, 2.24) is 5.32 Å². The van der Waals surface area contributed by atoms with Gasteiger partial charge in [-0.25, -0.2) is 0 Å². The molecule has 5 nitrogen and oxygen atoms in total. The van der Waals surface area contributed by atoms with Crippen LogP contribution in [0.1, 0.15) is 55.2 Å². The summed E-state index contributed by atoms with van der Waals surface area (Å²) in [6.07, 6.45) is 1.02. The first-order valence-corrected chi connectivity index (χ1v) is 10.0. The normalized spacial score (nSPS) is 11.9. The molecule has 28 heavy (non-hydrogen) atoms. The number of anilines is 1. The van der Waals surface area contributed by atoms with E-state index < -0.39 is 0 Å². The minimum absolute atomic E-state index is 0.0797. The van der Waals surface area contributed by atoms with E-state index in [1.165, 1.54) is 11.1 Å². The van der Waals surface area contributed by atoms with Crippen LogP contribution in [-0.4, -0.2) is 24.9 Å². The summed E-state index contributed by atoms with van der Waals surface area (Å²) in [5, 5.41) is 7.73. The van der Waals surface area contributed by atoms with Gasteiger partial charge in [-0.05, 0) is 37.1 Å². The second-order valence-electron chi connectivity index (χ2n) is 7.29. The van der Waals surface area contributed by atoms with Crippen molar-refractivity contribution in [3.63, 3.8) is 0 Å². The van der Waals surface area contributed by atoms with Crippen molar-refractivity contribution < 1.29 is 14.9 Å². The summed E-state index contributed by atoms with van der Waals surface area (Å²) in [5.41, 5.74) is 3.73. The first-order valence-electron chi connectivity index (χ1n) is 10.0. The molecule has 0 saturated heterocycles. The third-order valence-electron chi connectivity index (χ3n) is 4.79. The number of rotatable bonds is 9. The third-order valence-corrected chi connectivity index (χ3v) is 4.79. The van der Waals surface area contributed by atoms with Crippen LogP contribution in [0.5, 0.6) is 0 Å². The molecule has 0 aliphatic heterocycles. The SMILES string of the molecule is CCNC(=O)c1cccc(NC(=O)C[NH2+][C@@H](c2ccc(CC)cc2)C(C)C)c1. The first kappa shape index (κ1) is 21.6. The highest BCUT2D eigenvalue weighted by atomic mass is 16.2. The Morgan fingerprint density at radius 2 is 1.75 bits per heavy atom. The van der Waals surface area contributed by atoms with Gasteiger partial charge in [0.1, 0.15) is 6.04 Å². The van der Waals surface area contributed by atoms with Crippen LogP contribution >= 0.6 is 0 Å². The minimum atomic E-state index is -0.138. The maximum absolute atomic E-state index is 12.4. The summed E-state index contributed by atoms with van der Waals surface area (Å²) in [4.78, 5) is 24.4. The fourth-order valence-corrected chi connectivity index (χ4v) is 3.22. The minimum Gasteiger partial charge on any atom is -0.352 e. The molecule has 0 aliphatic carbocycles. The highest BCUT2D eigenvalue weighted by Gasteiger charge is 2.20. The Kier molecular flexibility index (Phi) is 8.20. The topological polar surface area (TPSA) is 74.8 Å². The van der Waals surface area contributed by atoms with Gasteiger partial charge in [0.2, 0.25) is 0 Å². The lowest BCUT2D eigenvalue weighted by molar-refractivity contribution is -0.692. The predicted molar refractivity (Wildman–Crippen MR) is 113 cm³/mol. The summed E-state index contributed by atoms with van der Waals surface area (Å²) in [7, 11) is 0. The lowest BCUT2D eigenvalue weighted by atomic mass is 9.95. The Morgan fingerprint density at radius 1 is 1.04 bits per heavy atom. The summed E-state index contributed by atoms with van der Waals surface area (Å²) in [6.45, 7) is 9.25. The Labute approximate surface area is 167 Å². The van der Waals surface area contributed by atoms with Gasteiger partial charge in [-0.3, -0.25) is 9.59 Å². The quantitative estimate of drug-likeness (QED) is 0.624. The second-order valence-corrected chi connectivity index (χ2v) is 7.29. The monoisotopic (exact) mass is 382 g/mol. The molecule has 0 spiro atoms. The van der Waals surface area contributed by atoms with Crippen LogP contribution in [0.3, 0.4) is 0 Å². The molecule has 5 heteroatoms. The van der Waals surface area contributed by atoms with Crippen molar-refractivity contribution in [2.75, 3.05) is 18.4 Å². The van der Waals surface area contributed by atoms with Crippen LogP contribution in [0.25, 0.3) is 0 Å². The number of nitrogens with two attached hydrogens (primary N) is 1. The van der Waals surface area contributed by atoms with E-state index in [-0.39, 0.29) is 17.9 Å². The van der Waals surface area contributed by atoms with Crippen molar-refractivity contribution in [1.29, 1.82) is 0 Å². The Bertz CT molecular complexity index is 785. The molecule has 0 unspecified atom stereocenters. The number of amides is 2. The van der Waals surface area contributed by atoms with Crippen molar-refractivity contribution in [2.24, 2.45) is 5.92 Å². The van der Waals surface area contributed by atoms with Crippen molar-refractivity contribution in [2.45, 2.75) is 40.2 Å². The Hall–Kier alpha value is -2.66. The largest absolute Gasteiger partial charge is 0.352 e. The van der Waals surface area contributed by atoms with Gasteiger partial charge in [0.25, 0.3) is 11.8 Å². The molecular weight excluding hydrogens is 350 g/mol. The fraction of sp³-hybridized carbons (Fsp3) is 0.391. The van der Waals surface area contributed by atoms with Crippen LogP contribution in [0, 0.1) is 5.92 Å². The molecule has 150 valence electrons. The van der Waals surface area contributed by atoms with E-state index in [1.54, 1.807) is 24.3 Å². The van der Waals surface area contributed by atoms with Gasteiger partial charge in [0.05, 0.1) is 0 Å². The van der Waals surface area contributed by atoms with Crippen molar-refractivity contribution in [3.8, 4) is 0 Å². The molecule has 0 aromatic heterocycles. The number of hydrogen-bond acceptors (Lipinski definition) is 2. The molecule has 1 atom stereocenters. The maximum atomic E-state index is 12.4. The smallest absolute Gasteiger partial charge is 0.279 e. The average Bonchev–Trinajstić information content (AvgIpc) is 2.68. The van der Waals surface area contributed by atoms with E-state index in [9.17, 15) is 9.59 Å². The molecule has 0 fully saturated rings. The highest BCUT2D eigenvalue weighted by Crippen LogP contribution is 2.18. The van der Waals surface area contributed by atoms with Gasteiger partial charge in [-0.15, -0.1) is 0 Å². The number of hydrogen-bond donors (Lipinski definition) is 3. The van der Waals surface area contributed by atoms with Crippen LogP contribution in [0.4, 0.5) is 5.69 Å². The molecule has 0 bridgehead atoms. The first-order chi connectivity index (χ1) is 13.4. The second kappa shape index (κ2) is 10.6. The average molecular weight is 383 g/mol. The lowest BCUT2D eigenvalue weighted by Gasteiger charge is -2.20. The Balaban J connectivity index is 1.97. The number of nitrogens with one attached hydrogen (secondary N) is 2. The van der Waals surface area contributed by atoms with Gasteiger partial charge in [0, 0.05) is 29.3 Å². The molecular formula is C23H32N3O2+. The van der Waals surface area contributed by atoms with Crippen LogP contribution < -0.4 is 16.0 Å². The summed E-state index contributed by atoms with van der Waals surface area (Å²) >= 11 is 0. The van der Waals surface area contributed by atoms with Crippen molar-refractivity contribution >= 4 is 17.5 Å². The maximum Gasteiger partial charge on any atom is 0.279 e. The molecule has 0 radical (unpaired) electrons. The highest BCUT2D eigenvalue weighted by molar-refractivity contribution is 5.97. The van der Waals surface area contributed by atoms with Crippen LogP contribution in [-0.2, 0) is 11.2 Å². The fourth-order valence-electron chi connectivity index (χ4n) is 3.22. The van der Waals surface area contributed by atoms with E-state index >= 15 is 0 Å². The van der Waals surface area contributed by atoms with E-state index in [2.05, 4.69) is 61.0 Å². The molecule has 2 rings (SSSR count). The zero-order chi connectivity index (χ0) is 20.5. The predicted octanol–water partition coefficient (Wildman–Crippen LogP) is 2.90. The van der Waals surface area contributed by atoms with Crippen LogP contribution in [0.2, 0.25) is 0 Å². The molecule has 2 amide bonds. The van der Waals surface area contributed by atoms with Gasteiger partial charge in [-0.1, -0.05) is 51.1 Å². The number of carbonyl (C=O) groups is 2. The summed E-state index contributed by atoms with van der Waals surface area (Å²) in [6, 6.07) is 15.9. The number of carbonyl (C=O) groups excluding carboxylic acids is 2. The molecule has 2 aromatic carbocycles. The zero-order valence-corrected chi connectivity index (χ0v) is 17.3. The van der Waals surface area contributed by atoms with E-state index in [0.29, 0.717) is 30.3 Å². The van der Waals surface area contributed by atoms with Crippen molar-refractivity contribution in [3.05, 3.63) is 65.2 Å². The summed E-state index contributed by atoms with van der Waals surface area (Å²) < 4.78 is 0. The van der Waals surface area contributed by atoms with Gasteiger partial charge < -0.3 is 16.0 Å².